The van der Waals surface area contributed by atoms with Crippen LogP contribution in [0.25, 0.3) is 11.6 Å². The molecule has 0 saturated carbocycles. The minimum absolute atomic E-state index is 0.571. The Balaban J connectivity index is 1.63. The summed E-state index contributed by atoms with van der Waals surface area (Å²) in [4.78, 5) is 11.1. The molecule has 0 radical (unpaired) electrons. The molecule has 0 fully saturated rings. The second-order valence-electron chi connectivity index (χ2n) is 5.40. The second kappa shape index (κ2) is 5.87. The van der Waals surface area contributed by atoms with Gasteiger partial charge in [0, 0.05) is 34.9 Å². The minimum atomic E-state index is 0.571. The predicted octanol–water partition coefficient (Wildman–Crippen LogP) is 4.61. The van der Waals surface area contributed by atoms with Crippen LogP contribution in [0.1, 0.15) is 11.5 Å². The van der Waals surface area contributed by atoms with E-state index in [1.165, 1.54) is 0 Å². The molecule has 3 heterocycles. The van der Waals surface area contributed by atoms with E-state index in [0.717, 1.165) is 35.8 Å². The first kappa shape index (κ1) is 14.5. The van der Waals surface area contributed by atoms with E-state index in [9.17, 15) is 0 Å². The molecule has 0 atom stereocenters. The highest BCUT2D eigenvalue weighted by Crippen LogP contribution is 2.31. The number of rotatable bonds is 2. The van der Waals surface area contributed by atoms with Gasteiger partial charge in [-0.2, -0.15) is 0 Å². The Morgan fingerprint density at radius 2 is 1.91 bits per heavy atom. The number of nitrogens with zero attached hydrogens (tertiary/aromatic N) is 3. The maximum atomic E-state index is 6.10. The minimum Gasteiger partial charge on any atom is -0.439 e. The Morgan fingerprint density at radius 1 is 1.09 bits per heavy atom. The highest BCUT2D eigenvalue weighted by molar-refractivity contribution is 6.35. The van der Waals surface area contributed by atoms with Crippen LogP contribution in [0.15, 0.2) is 47.0 Å². The Bertz CT molecular complexity index is 828. The van der Waals surface area contributed by atoms with Gasteiger partial charge in [-0.15, -0.1) is 0 Å². The van der Waals surface area contributed by atoms with Crippen molar-refractivity contribution in [1.29, 1.82) is 0 Å². The molecule has 0 aliphatic carbocycles. The van der Waals surface area contributed by atoms with Crippen molar-refractivity contribution in [3.05, 3.63) is 64.1 Å². The number of anilines is 1. The van der Waals surface area contributed by atoms with Crippen LogP contribution in [0.4, 0.5) is 5.69 Å². The number of halogens is 2. The van der Waals surface area contributed by atoms with E-state index in [1.807, 2.05) is 30.3 Å². The third-order valence-electron chi connectivity index (χ3n) is 3.82. The van der Waals surface area contributed by atoms with Crippen LogP contribution in [0.5, 0.6) is 0 Å². The summed E-state index contributed by atoms with van der Waals surface area (Å²) >= 11 is 12.2. The quantitative estimate of drug-likeness (QED) is 0.680. The van der Waals surface area contributed by atoms with Gasteiger partial charge in [-0.05, 0) is 30.3 Å². The van der Waals surface area contributed by atoms with Gasteiger partial charge >= 0.3 is 0 Å². The van der Waals surface area contributed by atoms with Crippen LogP contribution in [-0.2, 0) is 13.0 Å². The molecule has 0 bridgehead atoms. The van der Waals surface area contributed by atoms with Gasteiger partial charge in [-0.1, -0.05) is 29.3 Å². The molecule has 6 heteroatoms. The van der Waals surface area contributed by atoms with E-state index in [2.05, 4.69) is 14.9 Å². The van der Waals surface area contributed by atoms with E-state index in [0.29, 0.717) is 22.5 Å². The fraction of sp³-hybridized carbons (Fsp3) is 0.176. The molecule has 2 aromatic heterocycles. The first-order valence-corrected chi connectivity index (χ1v) is 8.06. The van der Waals surface area contributed by atoms with Gasteiger partial charge in [-0.25, -0.2) is 4.98 Å². The van der Waals surface area contributed by atoms with E-state index >= 15 is 0 Å². The molecule has 4 rings (SSSR count). The van der Waals surface area contributed by atoms with E-state index < -0.39 is 0 Å². The fourth-order valence-corrected chi connectivity index (χ4v) is 3.25. The smallest absolute Gasteiger partial charge is 0.245 e. The summed E-state index contributed by atoms with van der Waals surface area (Å²) in [5, 5.41) is 1.26. The third-order valence-corrected chi connectivity index (χ3v) is 4.26. The molecular formula is C17H13Cl2N3O. The number of hydrogen-bond acceptors (Lipinski definition) is 4. The van der Waals surface area contributed by atoms with Crippen molar-refractivity contribution >= 4 is 28.9 Å². The van der Waals surface area contributed by atoms with Crippen molar-refractivity contribution < 1.29 is 4.42 Å². The molecule has 3 aromatic rings. The number of hydrogen-bond donors (Lipinski definition) is 0. The Kier molecular flexibility index (Phi) is 3.71. The van der Waals surface area contributed by atoms with Crippen molar-refractivity contribution in [2.75, 3.05) is 11.4 Å². The van der Waals surface area contributed by atoms with Crippen molar-refractivity contribution in [2.45, 2.75) is 13.0 Å². The van der Waals surface area contributed by atoms with Gasteiger partial charge in [0.2, 0.25) is 5.89 Å². The molecule has 23 heavy (non-hydrogen) atoms. The van der Waals surface area contributed by atoms with Gasteiger partial charge < -0.3 is 9.32 Å². The lowest BCUT2D eigenvalue weighted by atomic mass is 10.1. The van der Waals surface area contributed by atoms with Crippen molar-refractivity contribution in [3.8, 4) is 11.6 Å². The normalized spacial score (nSPS) is 13.9. The molecule has 0 unspecified atom stereocenters. The van der Waals surface area contributed by atoms with Crippen LogP contribution < -0.4 is 4.90 Å². The predicted molar refractivity (Wildman–Crippen MR) is 91.0 cm³/mol. The van der Waals surface area contributed by atoms with Gasteiger partial charge in [0.1, 0.15) is 17.1 Å². The molecule has 116 valence electrons. The standard InChI is InChI=1S/C17H13Cl2N3O/c18-11-7-12(19)9-13(8-11)22-6-4-16-15(10-22)21-17(23-16)14-3-1-2-5-20-14/h1-3,5,7-9H,4,6,10H2. The first-order valence-electron chi connectivity index (χ1n) is 7.30. The Labute approximate surface area is 143 Å². The summed E-state index contributed by atoms with van der Waals surface area (Å²) in [6.45, 7) is 1.50. The first-order chi connectivity index (χ1) is 11.2. The van der Waals surface area contributed by atoms with E-state index in [-0.39, 0.29) is 0 Å². The second-order valence-corrected chi connectivity index (χ2v) is 6.28. The Morgan fingerprint density at radius 3 is 2.65 bits per heavy atom. The zero-order chi connectivity index (χ0) is 15.8. The average molecular weight is 346 g/mol. The highest BCUT2D eigenvalue weighted by atomic mass is 35.5. The van der Waals surface area contributed by atoms with Crippen LogP contribution >= 0.6 is 23.2 Å². The molecule has 1 aromatic carbocycles. The number of aromatic nitrogens is 2. The summed E-state index contributed by atoms with van der Waals surface area (Å²) < 4.78 is 5.87. The van der Waals surface area contributed by atoms with Crippen LogP contribution in [0, 0.1) is 0 Å². The highest BCUT2D eigenvalue weighted by Gasteiger charge is 2.23. The molecule has 1 aliphatic rings. The topological polar surface area (TPSA) is 42.2 Å². The number of fused-ring (bicyclic) bond motifs is 1. The maximum Gasteiger partial charge on any atom is 0.245 e. The summed E-state index contributed by atoms with van der Waals surface area (Å²) in [7, 11) is 0. The SMILES string of the molecule is Clc1cc(Cl)cc(N2CCc3oc(-c4ccccn4)nc3C2)c1. The fourth-order valence-electron chi connectivity index (χ4n) is 2.74. The van der Waals surface area contributed by atoms with Crippen LogP contribution in [0.3, 0.4) is 0 Å². The molecule has 0 amide bonds. The molecule has 0 saturated heterocycles. The van der Waals surface area contributed by atoms with Crippen molar-refractivity contribution in [1.82, 2.24) is 9.97 Å². The van der Waals surface area contributed by atoms with Crippen LogP contribution in [-0.4, -0.2) is 16.5 Å². The zero-order valence-electron chi connectivity index (χ0n) is 12.2. The van der Waals surface area contributed by atoms with Crippen LogP contribution in [0.2, 0.25) is 10.0 Å². The van der Waals surface area contributed by atoms with Gasteiger partial charge in [0.25, 0.3) is 0 Å². The van der Waals surface area contributed by atoms with Gasteiger partial charge in [-0.3, -0.25) is 4.98 Å². The summed E-state index contributed by atoms with van der Waals surface area (Å²) in [6.07, 6.45) is 2.53. The summed E-state index contributed by atoms with van der Waals surface area (Å²) in [6, 6.07) is 11.3. The Hall–Kier alpha value is -2.04. The van der Waals surface area contributed by atoms with Crippen molar-refractivity contribution in [3.63, 3.8) is 0 Å². The number of pyridine rings is 1. The summed E-state index contributed by atoms with van der Waals surface area (Å²) in [5.74, 6) is 1.50. The molecule has 0 spiro atoms. The average Bonchev–Trinajstić information content (AvgIpc) is 2.98. The number of benzene rings is 1. The lowest BCUT2D eigenvalue weighted by molar-refractivity contribution is 0.498. The molecular weight excluding hydrogens is 333 g/mol. The monoisotopic (exact) mass is 345 g/mol. The molecule has 1 aliphatic heterocycles. The number of oxazole rings is 1. The van der Waals surface area contributed by atoms with E-state index in [4.69, 9.17) is 27.6 Å². The van der Waals surface area contributed by atoms with E-state index in [1.54, 1.807) is 12.3 Å². The summed E-state index contributed by atoms with van der Waals surface area (Å²) in [5.41, 5.74) is 2.68. The lowest BCUT2D eigenvalue weighted by Crippen LogP contribution is -2.30. The zero-order valence-corrected chi connectivity index (χ0v) is 13.7. The van der Waals surface area contributed by atoms with Gasteiger partial charge in [0.05, 0.1) is 6.54 Å². The largest absolute Gasteiger partial charge is 0.439 e. The lowest BCUT2D eigenvalue weighted by Gasteiger charge is -2.27. The van der Waals surface area contributed by atoms with Crippen molar-refractivity contribution in [2.24, 2.45) is 0 Å². The molecule has 4 nitrogen and oxygen atoms in total. The maximum absolute atomic E-state index is 6.10. The van der Waals surface area contributed by atoms with Gasteiger partial charge in [0.15, 0.2) is 0 Å². The third kappa shape index (κ3) is 2.92. The molecule has 0 N–H and O–H groups in total.